The highest BCUT2D eigenvalue weighted by atomic mass is 35.5. The summed E-state index contributed by atoms with van der Waals surface area (Å²) in [5.74, 6) is 1.11. The van der Waals surface area contributed by atoms with Crippen LogP contribution >= 0.6 is 11.6 Å². The first-order valence-electron chi connectivity index (χ1n) is 4.64. The van der Waals surface area contributed by atoms with Gasteiger partial charge in [-0.3, -0.25) is 0 Å². The molecule has 0 aromatic heterocycles. The maximum Gasteiger partial charge on any atom is 0.213 e. The third-order valence-electron chi connectivity index (χ3n) is 2.46. The molecule has 1 fully saturated rings. The van der Waals surface area contributed by atoms with Crippen molar-refractivity contribution >= 4 is 21.6 Å². The molecule has 78 valence electrons. The van der Waals surface area contributed by atoms with Crippen LogP contribution in [0.25, 0.3) is 0 Å². The Morgan fingerprint density at radius 2 is 2.23 bits per heavy atom. The summed E-state index contributed by atoms with van der Waals surface area (Å²) >= 11 is 5.72. The zero-order valence-corrected chi connectivity index (χ0v) is 9.44. The fraction of sp³-hybridized carbons (Fsp3) is 1.00. The molecule has 1 heterocycles. The molecule has 1 aliphatic rings. The molecule has 1 saturated heterocycles. The van der Waals surface area contributed by atoms with Gasteiger partial charge >= 0.3 is 0 Å². The molecule has 0 amide bonds. The number of rotatable bonds is 3. The summed E-state index contributed by atoms with van der Waals surface area (Å²) in [7, 11) is -2.99. The van der Waals surface area contributed by atoms with Crippen LogP contribution < -0.4 is 0 Å². The molecule has 0 aliphatic carbocycles. The number of hydrogen-bond donors (Lipinski definition) is 0. The number of halogens is 1. The molecule has 1 aliphatic heterocycles. The summed E-state index contributed by atoms with van der Waals surface area (Å²) in [4.78, 5) is 0. The van der Waals surface area contributed by atoms with E-state index in [0.717, 1.165) is 12.8 Å². The summed E-state index contributed by atoms with van der Waals surface area (Å²) in [5.41, 5.74) is 0. The molecule has 13 heavy (non-hydrogen) atoms. The Bertz CT molecular complexity index is 253. The minimum atomic E-state index is -2.99. The van der Waals surface area contributed by atoms with Gasteiger partial charge in [-0.05, 0) is 25.7 Å². The van der Waals surface area contributed by atoms with Crippen molar-refractivity contribution in [3.05, 3.63) is 0 Å². The second-order valence-corrected chi connectivity index (χ2v) is 5.99. The van der Waals surface area contributed by atoms with Crippen LogP contribution in [0.2, 0.25) is 0 Å². The Hall–Kier alpha value is 0.200. The lowest BCUT2D eigenvalue weighted by molar-refractivity contribution is 0.284. The van der Waals surface area contributed by atoms with E-state index >= 15 is 0 Å². The Labute approximate surface area is 85.1 Å². The van der Waals surface area contributed by atoms with E-state index in [2.05, 4.69) is 0 Å². The van der Waals surface area contributed by atoms with Gasteiger partial charge in [-0.15, -0.1) is 11.6 Å². The van der Waals surface area contributed by atoms with Crippen molar-refractivity contribution in [1.29, 1.82) is 0 Å². The predicted octanol–water partition coefficient (Wildman–Crippen LogP) is 1.29. The first-order valence-corrected chi connectivity index (χ1v) is 6.78. The van der Waals surface area contributed by atoms with Gasteiger partial charge in [-0.1, -0.05) is 0 Å². The van der Waals surface area contributed by atoms with Crippen molar-refractivity contribution in [1.82, 2.24) is 4.31 Å². The van der Waals surface area contributed by atoms with Gasteiger partial charge in [0.15, 0.2) is 0 Å². The van der Waals surface area contributed by atoms with E-state index in [-0.39, 0.29) is 5.75 Å². The average Bonchev–Trinajstić information content (AvgIpc) is 2.18. The quantitative estimate of drug-likeness (QED) is 0.679. The minimum Gasteiger partial charge on any atom is -0.212 e. The lowest BCUT2D eigenvalue weighted by Gasteiger charge is -2.30. The minimum absolute atomic E-state index is 0.196. The van der Waals surface area contributed by atoms with Crippen LogP contribution in [0.15, 0.2) is 0 Å². The fourth-order valence-electron chi connectivity index (χ4n) is 1.59. The molecule has 0 spiro atoms. The Morgan fingerprint density at radius 1 is 1.54 bits per heavy atom. The van der Waals surface area contributed by atoms with Gasteiger partial charge in [0.25, 0.3) is 0 Å². The van der Waals surface area contributed by atoms with E-state index in [1.165, 1.54) is 0 Å². The zero-order valence-electron chi connectivity index (χ0n) is 7.87. The lowest BCUT2D eigenvalue weighted by Crippen LogP contribution is -2.41. The smallest absolute Gasteiger partial charge is 0.212 e. The molecule has 0 N–H and O–H groups in total. The van der Waals surface area contributed by atoms with Crippen LogP contribution in [0.4, 0.5) is 0 Å². The van der Waals surface area contributed by atoms with E-state index in [1.807, 2.05) is 0 Å². The number of nitrogens with zero attached hydrogens (tertiary/aromatic N) is 1. The maximum absolute atomic E-state index is 11.5. The van der Waals surface area contributed by atoms with Crippen LogP contribution in [0.5, 0.6) is 0 Å². The van der Waals surface area contributed by atoms with Crippen molar-refractivity contribution in [3.8, 4) is 0 Å². The third kappa shape index (κ3) is 2.82. The number of hydrogen-bond acceptors (Lipinski definition) is 2. The topological polar surface area (TPSA) is 37.4 Å². The zero-order chi connectivity index (χ0) is 9.90. The highest BCUT2D eigenvalue weighted by Crippen LogP contribution is 2.20. The predicted molar refractivity (Wildman–Crippen MR) is 54.5 cm³/mol. The Morgan fingerprint density at radius 3 is 2.77 bits per heavy atom. The van der Waals surface area contributed by atoms with Crippen molar-refractivity contribution < 1.29 is 8.42 Å². The molecule has 0 saturated carbocycles. The summed E-state index contributed by atoms with van der Waals surface area (Å²) in [5, 5.41) is 0. The van der Waals surface area contributed by atoms with Crippen molar-refractivity contribution in [3.63, 3.8) is 0 Å². The standard InChI is InChI=1S/C8H16ClNO2S/c1-2-13(11,12)10-5-3-4-8(6-9)7-10/h8H,2-7H2,1H3. The monoisotopic (exact) mass is 225 g/mol. The largest absolute Gasteiger partial charge is 0.213 e. The molecule has 0 aromatic rings. The van der Waals surface area contributed by atoms with Crippen LogP contribution in [-0.2, 0) is 10.0 Å². The van der Waals surface area contributed by atoms with Crippen molar-refractivity contribution in [2.45, 2.75) is 19.8 Å². The summed E-state index contributed by atoms with van der Waals surface area (Å²) in [6, 6.07) is 0. The molecular weight excluding hydrogens is 210 g/mol. The van der Waals surface area contributed by atoms with E-state index in [9.17, 15) is 8.42 Å². The Kier molecular flexibility index (Phi) is 4.01. The first-order chi connectivity index (χ1) is 6.10. The highest BCUT2D eigenvalue weighted by Gasteiger charge is 2.26. The summed E-state index contributed by atoms with van der Waals surface area (Å²) in [6.07, 6.45) is 2.00. The molecule has 0 radical (unpaired) electrons. The second kappa shape index (κ2) is 4.62. The maximum atomic E-state index is 11.5. The average molecular weight is 226 g/mol. The van der Waals surface area contributed by atoms with Gasteiger partial charge in [0.2, 0.25) is 10.0 Å². The van der Waals surface area contributed by atoms with Gasteiger partial charge in [-0.25, -0.2) is 12.7 Å². The van der Waals surface area contributed by atoms with Gasteiger partial charge in [0.1, 0.15) is 0 Å². The molecule has 5 heteroatoms. The van der Waals surface area contributed by atoms with E-state index in [4.69, 9.17) is 11.6 Å². The van der Waals surface area contributed by atoms with Crippen molar-refractivity contribution in [2.75, 3.05) is 24.7 Å². The van der Waals surface area contributed by atoms with Gasteiger partial charge in [0.05, 0.1) is 5.75 Å². The van der Waals surface area contributed by atoms with Crippen molar-refractivity contribution in [2.24, 2.45) is 5.92 Å². The highest BCUT2D eigenvalue weighted by molar-refractivity contribution is 7.89. The second-order valence-electron chi connectivity index (χ2n) is 3.42. The van der Waals surface area contributed by atoms with Gasteiger partial charge in [0, 0.05) is 19.0 Å². The van der Waals surface area contributed by atoms with Crippen LogP contribution in [0, 0.1) is 5.92 Å². The number of sulfonamides is 1. The number of alkyl halides is 1. The normalized spacial score (nSPS) is 26.2. The molecule has 3 nitrogen and oxygen atoms in total. The molecule has 0 aromatic carbocycles. The van der Waals surface area contributed by atoms with Gasteiger partial charge in [-0.2, -0.15) is 0 Å². The van der Waals surface area contributed by atoms with Crippen LogP contribution in [-0.4, -0.2) is 37.4 Å². The summed E-state index contributed by atoms with van der Waals surface area (Å²) < 4.78 is 24.6. The fourth-order valence-corrected chi connectivity index (χ4v) is 3.05. The molecule has 1 atom stereocenters. The molecular formula is C8H16ClNO2S. The van der Waals surface area contributed by atoms with Crippen LogP contribution in [0.1, 0.15) is 19.8 Å². The SMILES string of the molecule is CCS(=O)(=O)N1CCCC(CCl)C1. The summed E-state index contributed by atoms with van der Waals surface area (Å²) in [6.45, 7) is 2.96. The van der Waals surface area contributed by atoms with Crippen LogP contribution in [0.3, 0.4) is 0 Å². The molecule has 1 rings (SSSR count). The molecule has 1 unspecified atom stereocenters. The lowest BCUT2D eigenvalue weighted by atomic mass is 10.0. The van der Waals surface area contributed by atoms with Gasteiger partial charge < -0.3 is 0 Å². The first kappa shape index (κ1) is 11.3. The van der Waals surface area contributed by atoms with E-state index < -0.39 is 10.0 Å². The van der Waals surface area contributed by atoms with E-state index in [1.54, 1.807) is 11.2 Å². The third-order valence-corrected chi connectivity index (χ3v) is 4.74. The number of piperidine rings is 1. The Balaban J connectivity index is 2.61. The van der Waals surface area contributed by atoms with E-state index in [0.29, 0.717) is 24.9 Å². The molecule has 0 bridgehead atoms.